The van der Waals surface area contributed by atoms with Crippen molar-refractivity contribution in [2.24, 2.45) is 0 Å². The monoisotopic (exact) mass is 321 g/mol. The van der Waals surface area contributed by atoms with E-state index in [1.807, 2.05) is 0 Å². The first-order chi connectivity index (χ1) is 9.86. The molecule has 114 valence electrons. The maximum absolute atomic E-state index is 13.0. The third-order valence-electron chi connectivity index (χ3n) is 2.56. The number of nitrogens with zero attached hydrogens (tertiary/aromatic N) is 3. The van der Waals surface area contributed by atoms with Gasteiger partial charge >= 0.3 is 12.1 Å². The molecule has 2 aromatic heterocycles. The van der Waals surface area contributed by atoms with Crippen LogP contribution in [0.1, 0.15) is 16.1 Å². The summed E-state index contributed by atoms with van der Waals surface area (Å²) in [6.07, 6.45) is -4.64. The Morgan fingerprint density at radius 3 is 2.71 bits per heavy atom. The van der Waals surface area contributed by atoms with Crippen LogP contribution in [0.5, 0.6) is 0 Å². The fourth-order valence-corrected chi connectivity index (χ4v) is 2.52. The van der Waals surface area contributed by atoms with Crippen LogP contribution in [0.25, 0.3) is 5.65 Å². The van der Waals surface area contributed by atoms with Gasteiger partial charge in [0.15, 0.2) is 10.8 Å². The van der Waals surface area contributed by atoms with Crippen molar-refractivity contribution in [2.45, 2.75) is 11.3 Å². The molecule has 0 saturated heterocycles. The van der Waals surface area contributed by atoms with Gasteiger partial charge in [0.1, 0.15) is 11.3 Å². The Bertz CT molecular complexity index is 672. The molecule has 6 nitrogen and oxygen atoms in total. The summed E-state index contributed by atoms with van der Waals surface area (Å²) in [4.78, 5) is 11.1. The van der Waals surface area contributed by atoms with Gasteiger partial charge in [-0.1, -0.05) is 11.8 Å². The van der Waals surface area contributed by atoms with Gasteiger partial charge in [0.05, 0.1) is 6.61 Å². The standard InChI is InChI=1S/C11H10F3N3O3S/c1-20-4-5-21-10-16-15-8-6(9(18)19)2-3-7(17(8)10)11(12,13)14/h2-3H,4-5H2,1H3,(H,18,19). The molecule has 0 aromatic carbocycles. The maximum Gasteiger partial charge on any atom is 0.431 e. The lowest BCUT2D eigenvalue weighted by Gasteiger charge is -2.11. The van der Waals surface area contributed by atoms with E-state index in [4.69, 9.17) is 9.84 Å². The molecule has 0 amide bonds. The summed E-state index contributed by atoms with van der Waals surface area (Å²) in [5.74, 6) is -0.999. The largest absolute Gasteiger partial charge is 0.478 e. The zero-order chi connectivity index (χ0) is 15.6. The Balaban J connectivity index is 2.60. The number of hydrogen-bond acceptors (Lipinski definition) is 5. The van der Waals surface area contributed by atoms with Crippen LogP contribution < -0.4 is 0 Å². The Morgan fingerprint density at radius 2 is 2.14 bits per heavy atom. The van der Waals surface area contributed by atoms with Gasteiger partial charge in [-0.3, -0.25) is 4.40 Å². The van der Waals surface area contributed by atoms with Crippen molar-refractivity contribution in [3.05, 3.63) is 23.4 Å². The highest BCUT2D eigenvalue weighted by Crippen LogP contribution is 2.32. The summed E-state index contributed by atoms with van der Waals surface area (Å²) in [5.41, 5.74) is -1.70. The Morgan fingerprint density at radius 1 is 1.43 bits per heavy atom. The average molecular weight is 321 g/mol. The molecule has 0 aliphatic heterocycles. The molecular weight excluding hydrogens is 311 g/mol. The number of halogens is 3. The Labute approximate surface area is 120 Å². The van der Waals surface area contributed by atoms with E-state index in [0.29, 0.717) is 22.8 Å². The number of ether oxygens (including phenoxy) is 1. The number of fused-ring (bicyclic) bond motifs is 1. The molecule has 0 atom stereocenters. The number of carboxylic acid groups (broad SMARTS) is 1. The number of aromatic carboxylic acids is 1. The SMILES string of the molecule is COCCSc1nnc2c(C(=O)O)ccc(C(F)(F)F)n12. The second kappa shape index (κ2) is 5.90. The van der Waals surface area contributed by atoms with Crippen LogP contribution in [0, 0.1) is 0 Å². The number of aromatic nitrogens is 3. The number of methoxy groups -OCH3 is 1. The van der Waals surface area contributed by atoms with Crippen molar-refractivity contribution in [2.75, 3.05) is 19.5 Å². The van der Waals surface area contributed by atoms with E-state index < -0.39 is 17.8 Å². The Kier molecular flexibility index (Phi) is 4.37. The van der Waals surface area contributed by atoms with Gasteiger partial charge in [-0.15, -0.1) is 10.2 Å². The lowest BCUT2D eigenvalue weighted by atomic mass is 10.2. The first-order valence-corrected chi connectivity index (χ1v) is 6.65. The van der Waals surface area contributed by atoms with Crippen LogP contribution >= 0.6 is 11.8 Å². The smallest absolute Gasteiger partial charge is 0.431 e. The molecule has 21 heavy (non-hydrogen) atoms. The molecule has 0 aliphatic rings. The average Bonchev–Trinajstić information content (AvgIpc) is 2.80. The topological polar surface area (TPSA) is 76.7 Å². The van der Waals surface area contributed by atoms with Crippen LogP contribution in [-0.2, 0) is 10.9 Å². The van der Waals surface area contributed by atoms with Gasteiger partial charge in [0.25, 0.3) is 0 Å². The van der Waals surface area contributed by atoms with Gasteiger partial charge < -0.3 is 9.84 Å². The maximum atomic E-state index is 13.0. The van der Waals surface area contributed by atoms with Gasteiger partial charge in [0.2, 0.25) is 0 Å². The normalized spacial score (nSPS) is 12.0. The summed E-state index contributed by atoms with van der Waals surface area (Å²) < 4.78 is 44.6. The zero-order valence-electron chi connectivity index (χ0n) is 10.7. The third kappa shape index (κ3) is 3.10. The van der Waals surface area contributed by atoms with Gasteiger partial charge in [0, 0.05) is 12.9 Å². The number of hydrogen-bond donors (Lipinski definition) is 1. The van der Waals surface area contributed by atoms with E-state index in [1.54, 1.807) is 0 Å². The number of thioether (sulfide) groups is 1. The minimum Gasteiger partial charge on any atom is -0.478 e. The van der Waals surface area contributed by atoms with Gasteiger partial charge in [-0.2, -0.15) is 13.2 Å². The molecule has 10 heteroatoms. The molecule has 0 saturated carbocycles. The summed E-state index contributed by atoms with van der Waals surface area (Å²) in [5, 5.41) is 16.2. The van der Waals surface area contributed by atoms with Crippen molar-refractivity contribution in [3.63, 3.8) is 0 Å². The number of alkyl halides is 3. The van der Waals surface area contributed by atoms with Crippen LogP contribution in [0.3, 0.4) is 0 Å². The first kappa shape index (κ1) is 15.6. The van der Waals surface area contributed by atoms with Crippen LogP contribution in [0.15, 0.2) is 17.3 Å². The fourth-order valence-electron chi connectivity index (χ4n) is 1.67. The van der Waals surface area contributed by atoms with Gasteiger partial charge in [-0.05, 0) is 12.1 Å². The second-order valence-corrected chi connectivity index (χ2v) is 4.98. The summed E-state index contributed by atoms with van der Waals surface area (Å²) in [7, 11) is 1.46. The highest BCUT2D eigenvalue weighted by Gasteiger charge is 2.35. The van der Waals surface area contributed by atoms with Crippen LogP contribution in [0.4, 0.5) is 13.2 Å². The van der Waals surface area contributed by atoms with E-state index in [1.165, 1.54) is 7.11 Å². The minimum absolute atomic E-state index is 0.0301. The molecule has 0 spiro atoms. The van der Waals surface area contributed by atoms with Crippen molar-refractivity contribution >= 4 is 23.4 Å². The lowest BCUT2D eigenvalue weighted by Crippen LogP contribution is -2.14. The third-order valence-corrected chi connectivity index (χ3v) is 3.46. The second-order valence-electron chi connectivity index (χ2n) is 3.92. The number of carboxylic acids is 1. The van der Waals surface area contributed by atoms with Crippen molar-refractivity contribution in [3.8, 4) is 0 Å². The number of carbonyl (C=O) groups is 1. The van der Waals surface area contributed by atoms with Crippen molar-refractivity contribution in [1.29, 1.82) is 0 Å². The van der Waals surface area contributed by atoms with E-state index in [9.17, 15) is 18.0 Å². The quantitative estimate of drug-likeness (QED) is 0.672. The molecule has 2 heterocycles. The molecule has 0 aliphatic carbocycles. The highest BCUT2D eigenvalue weighted by molar-refractivity contribution is 7.99. The molecule has 0 bridgehead atoms. The summed E-state index contributed by atoms with van der Waals surface area (Å²) in [6.45, 7) is 0.319. The molecule has 1 N–H and O–H groups in total. The van der Waals surface area contributed by atoms with Crippen molar-refractivity contribution < 1.29 is 27.8 Å². The van der Waals surface area contributed by atoms with E-state index >= 15 is 0 Å². The summed E-state index contributed by atoms with van der Waals surface area (Å²) in [6, 6.07) is 1.58. The molecule has 2 aromatic rings. The number of pyridine rings is 1. The lowest BCUT2D eigenvalue weighted by molar-refractivity contribution is -0.142. The fraction of sp³-hybridized carbons (Fsp3) is 0.364. The molecular formula is C11H10F3N3O3S. The molecule has 0 radical (unpaired) electrons. The Hall–Kier alpha value is -1.81. The number of rotatable bonds is 5. The van der Waals surface area contributed by atoms with E-state index in [2.05, 4.69) is 10.2 Å². The zero-order valence-corrected chi connectivity index (χ0v) is 11.5. The molecule has 0 fully saturated rings. The van der Waals surface area contributed by atoms with E-state index in [-0.39, 0.29) is 16.4 Å². The van der Waals surface area contributed by atoms with Crippen LogP contribution in [0.2, 0.25) is 0 Å². The van der Waals surface area contributed by atoms with Crippen molar-refractivity contribution in [1.82, 2.24) is 14.6 Å². The van der Waals surface area contributed by atoms with Crippen LogP contribution in [-0.4, -0.2) is 45.1 Å². The predicted molar refractivity (Wildman–Crippen MR) is 67.5 cm³/mol. The van der Waals surface area contributed by atoms with Gasteiger partial charge in [-0.25, -0.2) is 4.79 Å². The van der Waals surface area contributed by atoms with E-state index in [0.717, 1.165) is 17.8 Å². The highest BCUT2D eigenvalue weighted by atomic mass is 32.2. The minimum atomic E-state index is -4.64. The molecule has 2 rings (SSSR count). The predicted octanol–water partition coefficient (Wildman–Crippen LogP) is 2.18. The molecule has 0 unspecified atom stereocenters. The summed E-state index contributed by atoms with van der Waals surface area (Å²) >= 11 is 1.00. The first-order valence-electron chi connectivity index (χ1n) is 5.66.